The van der Waals surface area contributed by atoms with Crippen molar-refractivity contribution < 1.29 is 14.6 Å². The number of nitrogens with zero attached hydrogens (tertiary/aromatic N) is 2. The molecule has 1 aromatic heterocycles. The summed E-state index contributed by atoms with van der Waals surface area (Å²) in [6.45, 7) is 0. The summed E-state index contributed by atoms with van der Waals surface area (Å²) in [5.41, 5.74) is 8.99. The van der Waals surface area contributed by atoms with Crippen molar-refractivity contribution in [1.29, 1.82) is 0 Å². The van der Waals surface area contributed by atoms with Crippen LogP contribution in [0, 0.1) is 23.7 Å². The number of aromatic hydroxyl groups is 1. The number of allylic oxidation sites excluding steroid dienone is 19. The number of phenolic OH excluding ortho intramolecular Hbond substituents is 1. The molecule has 0 amide bonds. The lowest BCUT2D eigenvalue weighted by atomic mass is 9.57. The van der Waals surface area contributed by atoms with Crippen LogP contribution in [0.25, 0.3) is 16.8 Å². The Labute approximate surface area is 264 Å². The SMILES string of the molecule is COC1=CC=CCC1C1=CCC2=CC=C3C(c4cc(-c5ccc(OC)cc5O)nc(C5C=CC=CC5)n4)=CC=C4C=CC1C2C43. The fourth-order valence-corrected chi connectivity index (χ4v) is 7.93. The van der Waals surface area contributed by atoms with Crippen molar-refractivity contribution in [3.63, 3.8) is 0 Å². The molecular weight excluding hydrogens is 556 g/mol. The molecule has 224 valence electrons. The van der Waals surface area contributed by atoms with Crippen LogP contribution in [0.4, 0.5) is 0 Å². The Kier molecular flexibility index (Phi) is 6.89. The van der Waals surface area contributed by atoms with E-state index in [1.807, 2.05) is 18.2 Å². The van der Waals surface area contributed by atoms with E-state index in [0.29, 0.717) is 28.8 Å². The Bertz CT molecular complexity index is 1890. The van der Waals surface area contributed by atoms with Crippen molar-refractivity contribution in [2.24, 2.45) is 23.7 Å². The van der Waals surface area contributed by atoms with Crippen LogP contribution in [-0.2, 0) is 4.74 Å². The van der Waals surface area contributed by atoms with Crippen molar-refractivity contribution in [3.05, 3.63) is 149 Å². The molecule has 2 aromatic rings. The van der Waals surface area contributed by atoms with E-state index < -0.39 is 0 Å². The van der Waals surface area contributed by atoms with E-state index >= 15 is 0 Å². The van der Waals surface area contributed by atoms with Crippen LogP contribution in [0.15, 0.2) is 137 Å². The fraction of sp³-hybridized carbons (Fsp3) is 0.250. The molecule has 0 saturated heterocycles. The average molecular weight is 593 g/mol. The Hall–Kier alpha value is -4.90. The first-order chi connectivity index (χ1) is 22.1. The average Bonchev–Trinajstić information content (AvgIpc) is 3.10. The smallest absolute Gasteiger partial charge is 0.136 e. The first kappa shape index (κ1) is 27.6. The molecule has 0 bridgehead atoms. The van der Waals surface area contributed by atoms with Gasteiger partial charge in [0.1, 0.15) is 23.1 Å². The molecule has 0 spiro atoms. The predicted molar refractivity (Wildman–Crippen MR) is 178 cm³/mol. The summed E-state index contributed by atoms with van der Waals surface area (Å²) in [5.74, 6) is 3.83. The normalized spacial score (nSPS) is 27.4. The van der Waals surface area contributed by atoms with Crippen molar-refractivity contribution in [2.45, 2.75) is 25.2 Å². The van der Waals surface area contributed by atoms with Gasteiger partial charge in [0.25, 0.3) is 0 Å². The number of hydrogen-bond donors (Lipinski definition) is 1. The third-order valence-electron chi connectivity index (χ3n) is 10.1. The lowest BCUT2D eigenvalue weighted by Crippen LogP contribution is -2.37. The summed E-state index contributed by atoms with van der Waals surface area (Å²) in [5, 5.41) is 11.0. The van der Waals surface area contributed by atoms with Crippen molar-refractivity contribution in [1.82, 2.24) is 9.97 Å². The molecule has 45 heavy (non-hydrogen) atoms. The lowest BCUT2D eigenvalue weighted by molar-refractivity contribution is 0.240. The van der Waals surface area contributed by atoms with Gasteiger partial charge in [-0.25, -0.2) is 9.97 Å². The van der Waals surface area contributed by atoms with Gasteiger partial charge in [0.2, 0.25) is 0 Å². The van der Waals surface area contributed by atoms with Crippen LogP contribution in [0.2, 0.25) is 0 Å². The van der Waals surface area contributed by atoms with E-state index in [2.05, 4.69) is 85.1 Å². The van der Waals surface area contributed by atoms with Gasteiger partial charge in [-0.2, -0.15) is 0 Å². The number of phenols is 1. The molecule has 0 radical (unpaired) electrons. The zero-order valence-corrected chi connectivity index (χ0v) is 25.6. The Morgan fingerprint density at radius 3 is 2.56 bits per heavy atom. The van der Waals surface area contributed by atoms with Crippen LogP contribution in [0.1, 0.15) is 36.7 Å². The van der Waals surface area contributed by atoms with E-state index in [-0.39, 0.29) is 23.5 Å². The van der Waals surface area contributed by atoms with Gasteiger partial charge in [-0.3, -0.25) is 0 Å². The van der Waals surface area contributed by atoms with E-state index in [0.717, 1.165) is 42.1 Å². The van der Waals surface area contributed by atoms with Gasteiger partial charge in [-0.1, -0.05) is 90.1 Å². The molecular formula is C40H36N2O3. The third kappa shape index (κ3) is 4.69. The van der Waals surface area contributed by atoms with Crippen LogP contribution >= 0.6 is 0 Å². The van der Waals surface area contributed by atoms with Crippen LogP contribution in [0.5, 0.6) is 11.5 Å². The lowest BCUT2D eigenvalue weighted by Gasteiger charge is -2.47. The Morgan fingerprint density at radius 1 is 0.844 bits per heavy atom. The largest absolute Gasteiger partial charge is 0.507 e. The van der Waals surface area contributed by atoms with Gasteiger partial charge in [-0.15, -0.1) is 0 Å². The van der Waals surface area contributed by atoms with Gasteiger partial charge in [0.15, 0.2) is 0 Å². The maximum Gasteiger partial charge on any atom is 0.136 e. The summed E-state index contributed by atoms with van der Waals surface area (Å²) in [7, 11) is 3.39. The summed E-state index contributed by atoms with van der Waals surface area (Å²) in [6.07, 6.45) is 34.1. The molecule has 1 N–H and O–H groups in total. The highest BCUT2D eigenvalue weighted by Gasteiger charge is 2.45. The van der Waals surface area contributed by atoms with Crippen LogP contribution in [0.3, 0.4) is 0 Å². The summed E-state index contributed by atoms with van der Waals surface area (Å²) >= 11 is 0. The minimum absolute atomic E-state index is 0.0665. The number of methoxy groups -OCH3 is 2. The number of benzene rings is 1. The molecule has 1 aromatic carbocycles. The van der Waals surface area contributed by atoms with Gasteiger partial charge in [-0.05, 0) is 54.7 Å². The van der Waals surface area contributed by atoms with Crippen molar-refractivity contribution >= 4 is 5.57 Å². The van der Waals surface area contributed by atoms with Gasteiger partial charge in [0.05, 0.1) is 25.6 Å². The summed E-state index contributed by atoms with van der Waals surface area (Å²) in [4.78, 5) is 10.2. The Balaban J connectivity index is 1.21. The zero-order valence-electron chi connectivity index (χ0n) is 25.6. The first-order valence-electron chi connectivity index (χ1n) is 15.8. The molecule has 6 aliphatic carbocycles. The highest BCUT2D eigenvalue weighted by molar-refractivity contribution is 5.85. The monoisotopic (exact) mass is 592 g/mol. The van der Waals surface area contributed by atoms with E-state index in [9.17, 15) is 5.11 Å². The molecule has 0 saturated carbocycles. The second kappa shape index (κ2) is 11.2. The molecule has 8 rings (SSSR count). The van der Waals surface area contributed by atoms with E-state index in [4.69, 9.17) is 19.4 Å². The highest BCUT2D eigenvalue weighted by atomic mass is 16.5. The molecule has 6 aliphatic rings. The third-order valence-corrected chi connectivity index (χ3v) is 10.1. The zero-order chi connectivity index (χ0) is 30.5. The Morgan fingerprint density at radius 2 is 1.73 bits per heavy atom. The highest BCUT2D eigenvalue weighted by Crippen LogP contribution is 2.56. The molecule has 0 fully saturated rings. The molecule has 5 atom stereocenters. The predicted octanol–water partition coefficient (Wildman–Crippen LogP) is 8.50. The summed E-state index contributed by atoms with van der Waals surface area (Å²) < 4.78 is 11.2. The van der Waals surface area contributed by atoms with Gasteiger partial charge >= 0.3 is 0 Å². The maximum atomic E-state index is 11.0. The standard InChI is InChI=1S/C40H36N2O3/c1-44-27-16-21-33(36(43)22-27)35-23-34(41-40(42-35)26-8-4-3-5-9-26)29-18-13-25-14-19-31-28(30-10-6-7-11-37(30)45-2)17-12-24-15-20-32(29)39(25)38(24)31/h3-8,11,13-23,26,30-31,38-39,43H,9-10,12H2,1-2H3. The second-order valence-electron chi connectivity index (χ2n) is 12.4. The summed E-state index contributed by atoms with van der Waals surface area (Å²) in [6, 6.07) is 7.41. The van der Waals surface area contributed by atoms with Gasteiger partial charge < -0.3 is 14.6 Å². The van der Waals surface area contributed by atoms with Crippen molar-refractivity contribution in [2.75, 3.05) is 14.2 Å². The minimum atomic E-state index is 0.0665. The van der Waals surface area contributed by atoms with Crippen LogP contribution in [-0.4, -0.2) is 29.3 Å². The second-order valence-corrected chi connectivity index (χ2v) is 12.4. The molecule has 5 heteroatoms. The molecule has 0 aliphatic heterocycles. The first-order valence-corrected chi connectivity index (χ1v) is 15.8. The fourth-order valence-electron chi connectivity index (χ4n) is 7.93. The topological polar surface area (TPSA) is 64.5 Å². The maximum absolute atomic E-state index is 11.0. The van der Waals surface area contributed by atoms with Crippen LogP contribution < -0.4 is 4.74 Å². The minimum Gasteiger partial charge on any atom is -0.507 e. The number of aromatic nitrogens is 2. The number of ether oxygens (including phenoxy) is 2. The van der Waals surface area contributed by atoms with E-state index in [1.165, 1.54) is 22.3 Å². The number of hydrogen-bond acceptors (Lipinski definition) is 5. The molecule has 5 nitrogen and oxygen atoms in total. The quantitative estimate of drug-likeness (QED) is 0.341. The molecule has 5 unspecified atom stereocenters. The van der Waals surface area contributed by atoms with Gasteiger partial charge in [0, 0.05) is 46.8 Å². The van der Waals surface area contributed by atoms with E-state index in [1.54, 1.807) is 20.3 Å². The molecule has 1 heterocycles. The number of rotatable bonds is 6. The van der Waals surface area contributed by atoms with Crippen molar-refractivity contribution in [3.8, 4) is 22.8 Å².